The molecule has 2 unspecified atom stereocenters. The first-order chi connectivity index (χ1) is 9.17. The molecule has 2 atom stereocenters. The summed E-state index contributed by atoms with van der Waals surface area (Å²) in [5.74, 6) is 0.888. The Bertz CT molecular complexity index is 249. The molecule has 3 heteroatoms. The van der Waals surface area contributed by atoms with Crippen LogP contribution in [0.3, 0.4) is 0 Å². The van der Waals surface area contributed by atoms with E-state index in [9.17, 15) is 4.79 Å². The summed E-state index contributed by atoms with van der Waals surface area (Å²) in [5, 5.41) is 6.57. The van der Waals surface area contributed by atoms with E-state index in [4.69, 9.17) is 0 Å². The molecule has 0 aromatic heterocycles. The number of unbranched alkanes of at least 4 members (excludes halogenated alkanes) is 1. The molecule has 0 aromatic carbocycles. The third-order valence-corrected chi connectivity index (χ3v) is 4.35. The van der Waals surface area contributed by atoms with Gasteiger partial charge in [0.15, 0.2) is 0 Å². The van der Waals surface area contributed by atoms with Crippen LogP contribution in [0, 0.1) is 5.92 Å². The summed E-state index contributed by atoms with van der Waals surface area (Å²) >= 11 is 0. The molecule has 0 spiro atoms. The number of carbonyl (C=O) groups excluding carboxylic acids is 1. The first kappa shape index (κ1) is 16.5. The molecule has 0 heterocycles. The molecule has 0 aromatic rings. The Morgan fingerprint density at radius 2 is 1.95 bits per heavy atom. The van der Waals surface area contributed by atoms with E-state index in [0.717, 1.165) is 19.4 Å². The van der Waals surface area contributed by atoms with Crippen molar-refractivity contribution in [1.29, 1.82) is 0 Å². The van der Waals surface area contributed by atoms with Crippen molar-refractivity contribution >= 4 is 5.91 Å². The highest BCUT2D eigenvalue weighted by Gasteiger charge is 2.20. The zero-order valence-electron chi connectivity index (χ0n) is 13.0. The zero-order valence-corrected chi connectivity index (χ0v) is 13.0. The number of hydrogen-bond acceptors (Lipinski definition) is 2. The first-order valence-corrected chi connectivity index (χ1v) is 8.21. The average molecular weight is 268 g/mol. The van der Waals surface area contributed by atoms with Crippen LogP contribution < -0.4 is 10.6 Å². The molecule has 1 amide bonds. The largest absolute Gasteiger partial charge is 0.352 e. The summed E-state index contributed by atoms with van der Waals surface area (Å²) in [6, 6.07) is 0.370. The summed E-state index contributed by atoms with van der Waals surface area (Å²) in [7, 11) is 0. The second kappa shape index (κ2) is 9.35. The number of nitrogens with one attached hydrogen (secondary N) is 2. The van der Waals surface area contributed by atoms with Gasteiger partial charge in [-0.15, -0.1) is 0 Å². The van der Waals surface area contributed by atoms with Gasteiger partial charge in [-0.25, -0.2) is 0 Å². The van der Waals surface area contributed by atoms with Gasteiger partial charge in [-0.2, -0.15) is 0 Å². The molecule has 2 N–H and O–H groups in total. The zero-order chi connectivity index (χ0) is 14.1. The molecule has 3 nitrogen and oxygen atoms in total. The molecule has 1 rings (SSSR count). The molecule has 1 saturated carbocycles. The smallest absolute Gasteiger partial charge is 0.237 e. The van der Waals surface area contributed by atoms with Crippen LogP contribution in [0.5, 0.6) is 0 Å². The Morgan fingerprint density at radius 1 is 1.26 bits per heavy atom. The second-order valence-electron chi connectivity index (χ2n) is 6.04. The monoisotopic (exact) mass is 268 g/mol. The maximum atomic E-state index is 12.0. The lowest BCUT2D eigenvalue weighted by Gasteiger charge is -2.21. The van der Waals surface area contributed by atoms with Crippen molar-refractivity contribution < 1.29 is 4.79 Å². The molecule has 0 saturated heterocycles. The summed E-state index contributed by atoms with van der Waals surface area (Å²) < 4.78 is 0. The highest BCUT2D eigenvalue weighted by molar-refractivity contribution is 5.81. The number of carbonyl (C=O) groups is 1. The molecule has 0 aliphatic heterocycles. The predicted octanol–water partition coefficient (Wildman–Crippen LogP) is 3.24. The van der Waals surface area contributed by atoms with Gasteiger partial charge in [0, 0.05) is 6.04 Å². The lowest BCUT2D eigenvalue weighted by Crippen LogP contribution is -2.46. The lowest BCUT2D eigenvalue weighted by molar-refractivity contribution is -0.123. The Hall–Kier alpha value is -0.570. The van der Waals surface area contributed by atoms with E-state index in [1.807, 2.05) is 6.92 Å². The van der Waals surface area contributed by atoms with Crippen molar-refractivity contribution in [2.75, 3.05) is 6.54 Å². The van der Waals surface area contributed by atoms with Gasteiger partial charge in [0.05, 0.1) is 6.04 Å². The van der Waals surface area contributed by atoms with Gasteiger partial charge in [0.25, 0.3) is 0 Å². The van der Waals surface area contributed by atoms with E-state index in [1.54, 1.807) is 0 Å². The van der Waals surface area contributed by atoms with Crippen LogP contribution in [0.15, 0.2) is 0 Å². The van der Waals surface area contributed by atoms with Gasteiger partial charge in [0.1, 0.15) is 0 Å². The number of rotatable bonds is 9. The van der Waals surface area contributed by atoms with Crippen molar-refractivity contribution in [2.45, 2.75) is 84.2 Å². The lowest BCUT2D eigenvalue weighted by atomic mass is 9.99. The maximum Gasteiger partial charge on any atom is 0.237 e. The van der Waals surface area contributed by atoms with E-state index in [1.165, 1.54) is 38.5 Å². The Kier molecular flexibility index (Phi) is 8.11. The summed E-state index contributed by atoms with van der Waals surface area (Å²) in [6.07, 6.45) is 9.88. The molecule has 112 valence electrons. The van der Waals surface area contributed by atoms with Crippen LogP contribution in [-0.2, 0) is 4.79 Å². The van der Waals surface area contributed by atoms with Crippen molar-refractivity contribution in [3.05, 3.63) is 0 Å². The van der Waals surface area contributed by atoms with Gasteiger partial charge < -0.3 is 10.6 Å². The highest BCUT2D eigenvalue weighted by Crippen LogP contribution is 2.17. The highest BCUT2D eigenvalue weighted by atomic mass is 16.2. The van der Waals surface area contributed by atoms with Gasteiger partial charge in [-0.3, -0.25) is 4.79 Å². The van der Waals surface area contributed by atoms with Gasteiger partial charge >= 0.3 is 0 Å². The van der Waals surface area contributed by atoms with Gasteiger partial charge in [-0.05, 0) is 38.6 Å². The Morgan fingerprint density at radius 3 is 2.53 bits per heavy atom. The van der Waals surface area contributed by atoms with Crippen LogP contribution in [0.1, 0.15) is 72.1 Å². The average Bonchev–Trinajstić information content (AvgIpc) is 2.91. The molecule has 1 aliphatic rings. The van der Waals surface area contributed by atoms with E-state index < -0.39 is 0 Å². The summed E-state index contributed by atoms with van der Waals surface area (Å²) in [4.78, 5) is 12.0. The van der Waals surface area contributed by atoms with E-state index in [-0.39, 0.29) is 11.9 Å². The van der Waals surface area contributed by atoms with Crippen LogP contribution in [0.4, 0.5) is 0 Å². The van der Waals surface area contributed by atoms with Crippen LogP contribution in [-0.4, -0.2) is 24.5 Å². The van der Waals surface area contributed by atoms with E-state index in [0.29, 0.717) is 12.0 Å². The molecule has 1 aliphatic carbocycles. The van der Waals surface area contributed by atoms with Crippen molar-refractivity contribution in [3.8, 4) is 0 Å². The quantitative estimate of drug-likeness (QED) is 0.674. The number of amides is 1. The van der Waals surface area contributed by atoms with E-state index >= 15 is 0 Å². The first-order valence-electron chi connectivity index (χ1n) is 8.21. The third kappa shape index (κ3) is 6.42. The van der Waals surface area contributed by atoms with Crippen molar-refractivity contribution in [2.24, 2.45) is 5.92 Å². The SMILES string of the molecule is CCCCC(CC)CNC(C)C(=O)NC1CCCC1. The summed E-state index contributed by atoms with van der Waals surface area (Å²) in [6.45, 7) is 7.43. The Labute approximate surface area is 118 Å². The fourth-order valence-corrected chi connectivity index (χ4v) is 2.78. The van der Waals surface area contributed by atoms with Gasteiger partial charge in [-0.1, -0.05) is 46.0 Å². The van der Waals surface area contributed by atoms with Crippen LogP contribution >= 0.6 is 0 Å². The predicted molar refractivity (Wildman–Crippen MR) is 81.2 cm³/mol. The standard InChI is InChI=1S/C16H32N2O/c1-4-6-9-14(5-2)12-17-13(3)16(19)18-15-10-7-8-11-15/h13-15,17H,4-12H2,1-3H3,(H,18,19). The normalized spacial score (nSPS) is 19.3. The fraction of sp³-hybridized carbons (Fsp3) is 0.938. The minimum atomic E-state index is -0.0590. The minimum absolute atomic E-state index is 0.0590. The van der Waals surface area contributed by atoms with Crippen LogP contribution in [0.25, 0.3) is 0 Å². The minimum Gasteiger partial charge on any atom is -0.352 e. The molecule has 0 bridgehead atoms. The molecular weight excluding hydrogens is 236 g/mol. The molecule has 19 heavy (non-hydrogen) atoms. The molecular formula is C16H32N2O. The maximum absolute atomic E-state index is 12.0. The van der Waals surface area contributed by atoms with Crippen molar-refractivity contribution in [1.82, 2.24) is 10.6 Å². The van der Waals surface area contributed by atoms with Crippen LogP contribution in [0.2, 0.25) is 0 Å². The van der Waals surface area contributed by atoms with Crippen molar-refractivity contribution in [3.63, 3.8) is 0 Å². The summed E-state index contributed by atoms with van der Waals surface area (Å²) in [5.41, 5.74) is 0. The fourth-order valence-electron chi connectivity index (χ4n) is 2.78. The molecule has 1 fully saturated rings. The third-order valence-electron chi connectivity index (χ3n) is 4.35. The Balaban J connectivity index is 2.20. The number of hydrogen-bond donors (Lipinski definition) is 2. The molecule has 0 radical (unpaired) electrons. The topological polar surface area (TPSA) is 41.1 Å². The second-order valence-corrected chi connectivity index (χ2v) is 6.04. The van der Waals surface area contributed by atoms with Gasteiger partial charge in [0.2, 0.25) is 5.91 Å². The van der Waals surface area contributed by atoms with E-state index in [2.05, 4.69) is 24.5 Å².